The molecule has 0 saturated carbocycles. The number of benzene rings is 3. The van der Waals surface area contributed by atoms with Crippen molar-refractivity contribution in [2.75, 3.05) is 6.61 Å². The fraction of sp³-hybridized carbons (Fsp3) is 0.558. The van der Waals surface area contributed by atoms with Crippen molar-refractivity contribution in [2.24, 2.45) is 0 Å². The van der Waals surface area contributed by atoms with E-state index in [1.54, 1.807) is 0 Å². The summed E-state index contributed by atoms with van der Waals surface area (Å²) in [7, 11) is 0. The van der Waals surface area contributed by atoms with Gasteiger partial charge >= 0.3 is 5.97 Å². The highest BCUT2D eigenvalue weighted by atomic mass is 16.5. The maximum absolute atomic E-state index is 13.4. The van der Waals surface area contributed by atoms with E-state index in [9.17, 15) is 4.79 Å². The van der Waals surface area contributed by atoms with E-state index in [2.05, 4.69) is 76.2 Å². The number of esters is 1. The Labute approximate surface area is 281 Å². The predicted octanol–water partition coefficient (Wildman–Crippen LogP) is 13.3. The fourth-order valence-corrected chi connectivity index (χ4v) is 6.25. The highest BCUT2D eigenvalue weighted by Gasteiger charge is 2.19. The van der Waals surface area contributed by atoms with Crippen LogP contribution in [0.15, 0.2) is 72.8 Å². The molecule has 0 saturated heterocycles. The van der Waals surface area contributed by atoms with Crippen molar-refractivity contribution in [2.45, 2.75) is 149 Å². The van der Waals surface area contributed by atoms with E-state index >= 15 is 0 Å². The Morgan fingerprint density at radius 2 is 1.09 bits per heavy atom. The van der Waals surface area contributed by atoms with Crippen LogP contribution in [0.25, 0.3) is 22.3 Å². The maximum atomic E-state index is 13.4. The first kappa shape index (κ1) is 37.5. The van der Waals surface area contributed by atoms with Crippen molar-refractivity contribution in [3.63, 3.8) is 0 Å². The molecule has 3 aromatic carbocycles. The molecule has 0 N–H and O–H groups in total. The van der Waals surface area contributed by atoms with Gasteiger partial charge in [-0.3, -0.25) is 0 Å². The lowest BCUT2D eigenvalue weighted by atomic mass is 9.96. The number of carbonyl (C=O) groups is 1. The van der Waals surface area contributed by atoms with E-state index < -0.39 is 0 Å². The van der Waals surface area contributed by atoms with E-state index in [0.29, 0.717) is 5.56 Å². The SMILES string of the molecule is CCCCCCCCCCOC(C)c1ccc(-c2ccc(-c3ccccc3C(=O)OC(CCC)CCCCCCCC)cc2)cc1. The average Bonchev–Trinajstić information content (AvgIpc) is 3.09. The van der Waals surface area contributed by atoms with Crippen molar-refractivity contribution in [3.8, 4) is 22.3 Å². The van der Waals surface area contributed by atoms with Gasteiger partial charge in [-0.15, -0.1) is 0 Å². The predicted molar refractivity (Wildman–Crippen MR) is 196 cm³/mol. The summed E-state index contributed by atoms with van der Waals surface area (Å²) in [5.74, 6) is -0.210. The minimum Gasteiger partial charge on any atom is -0.459 e. The minimum atomic E-state index is -0.210. The molecule has 0 amide bonds. The molecule has 0 radical (unpaired) electrons. The Morgan fingerprint density at radius 1 is 0.565 bits per heavy atom. The van der Waals surface area contributed by atoms with E-state index in [0.717, 1.165) is 55.4 Å². The summed E-state index contributed by atoms with van der Waals surface area (Å²) in [6, 6.07) is 25.1. The van der Waals surface area contributed by atoms with Crippen LogP contribution in [0.1, 0.15) is 159 Å². The molecular formula is C43H62O3. The zero-order valence-corrected chi connectivity index (χ0v) is 29.5. The van der Waals surface area contributed by atoms with Gasteiger partial charge in [-0.05, 0) is 66.5 Å². The molecular weight excluding hydrogens is 564 g/mol. The van der Waals surface area contributed by atoms with Crippen LogP contribution in [-0.2, 0) is 9.47 Å². The molecule has 0 heterocycles. The highest BCUT2D eigenvalue weighted by molar-refractivity contribution is 5.97. The number of ether oxygens (including phenoxy) is 2. The lowest BCUT2D eigenvalue weighted by molar-refractivity contribution is 0.0254. The largest absolute Gasteiger partial charge is 0.459 e. The minimum absolute atomic E-state index is 0.0136. The van der Waals surface area contributed by atoms with Crippen LogP contribution in [0.5, 0.6) is 0 Å². The van der Waals surface area contributed by atoms with Gasteiger partial charge in [-0.1, -0.05) is 171 Å². The fourth-order valence-electron chi connectivity index (χ4n) is 6.25. The van der Waals surface area contributed by atoms with Gasteiger partial charge in [0.25, 0.3) is 0 Å². The quantitative estimate of drug-likeness (QED) is 0.0733. The van der Waals surface area contributed by atoms with Crippen molar-refractivity contribution < 1.29 is 14.3 Å². The number of hydrogen-bond donors (Lipinski definition) is 0. The first-order valence-electron chi connectivity index (χ1n) is 18.7. The molecule has 0 aliphatic heterocycles. The second kappa shape index (κ2) is 22.6. The number of hydrogen-bond acceptors (Lipinski definition) is 3. The Hall–Kier alpha value is -2.91. The first-order chi connectivity index (χ1) is 22.6. The van der Waals surface area contributed by atoms with Crippen LogP contribution >= 0.6 is 0 Å². The third-order valence-electron chi connectivity index (χ3n) is 9.19. The van der Waals surface area contributed by atoms with Gasteiger partial charge in [0.2, 0.25) is 0 Å². The summed E-state index contributed by atoms with van der Waals surface area (Å²) < 4.78 is 12.2. The molecule has 2 atom stereocenters. The second-order valence-corrected chi connectivity index (χ2v) is 13.1. The van der Waals surface area contributed by atoms with Crippen LogP contribution in [0.3, 0.4) is 0 Å². The third kappa shape index (κ3) is 13.4. The van der Waals surface area contributed by atoms with E-state index in [1.807, 2.05) is 24.3 Å². The van der Waals surface area contributed by atoms with E-state index in [1.165, 1.54) is 88.2 Å². The van der Waals surface area contributed by atoms with Gasteiger partial charge in [0.15, 0.2) is 0 Å². The van der Waals surface area contributed by atoms with Crippen molar-refractivity contribution >= 4 is 5.97 Å². The van der Waals surface area contributed by atoms with Crippen LogP contribution < -0.4 is 0 Å². The van der Waals surface area contributed by atoms with Crippen LogP contribution in [-0.4, -0.2) is 18.7 Å². The molecule has 0 fully saturated rings. The highest BCUT2D eigenvalue weighted by Crippen LogP contribution is 2.29. The molecule has 2 unspecified atom stereocenters. The molecule has 0 spiro atoms. The molecule has 3 heteroatoms. The summed E-state index contributed by atoms with van der Waals surface area (Å²) in [5.41, 5.74) is 6.14. The summed E-state index contributed by atoms with van der Waals surface area (Å²) in [6.45, 7) is 9.66. The van der Waals surface area contributed by atoms with Gasteiger partial charge in [-0.25, -0.2) is 4.79 Å². The van der Waals surface area contributed by atoms with Crippen molar-refractivity contribution in [3.05, 3.63) is 83.9 Å². The lowest BCUT2D eigenvalue weighted by Crippen LogP contribution is -2.19. The van der Waals surface area contributed by atoms with Gasteiger partial charge < -0.3 is 9.47 Å². The van der Waals surface area contributed by atoms with Gasteiger partial charge in [0.05, 0.1) is 11.7 Å². The van der Waals surface area contributed by atoms with Crippen LogP contribution in [0.4, 0.5) is 0 Å². The zero-order valence-electron chi connectivity index (χ0n) is 29.5. The summed E-state index contributed by atoms with van der Waals surface area (Å²) in [5, 5.41) is 0. The van der Waals surface area contributed by atoms with Crippen LogP contribution in [0.2, 0.25) is 0 Å². The maximum Gasteiger partial charge on any atom is 0.339 e. The molecule has 0 bridgehead atoms. The van der Waals surface area contributed by atoms with Gasteiger partial charge in [0.1, 0.15) is 6.10 Å². The number of carbonyl (C=O) groups excluding carboxylic acids is 1. The van der Waals surface area contributed by atoms with Crippen molar-refractivity contribution in [1.29, 1.82) is 0 Å². The summed E-state index contributed by atoms with van der Waals surface area (Å²) in [4.78, 5) is 13.4. The van der Waals surface area contributed by atoms with Gasteiger partial charge in [-0.2, -0.15) is 0 Å². The van der Waals surface area contributed by atoms with E-state index in [-0.39, 0.29) is 18.2 Å². The lowest BCUT2D eigenvalue weighted by Gasteiger charge is -2.19. The zero-order chi connectivity index (χ0) is 32.8. The molecule has 3 nitrogen and oxygen atoms in total. The van der Waals surface area contributed by atoms with Crippen LogP contribution in [0, 0.1) is 0 Å². The normalized spacial score (nSPS) is 12.6. The topological polar surface area (TPSA) is 35.5 Å². The Bertz CT molecular complexity index is 1210. The van der Waals surface area contributed by atoms with Crippen molar-refractivity contribution in [1.82, 2.24) is 0 Å². The van der Waals surface area contributed by atoms with Gasteiger partial charge in [0, 0.05) is 6.61 Å². The molecule has 3 aromatic rings. The standard InChI is InChI=1S/C43H62O3/c1-5-8-10-12-14-15-17-21-34-45-35(4)36-26-28-37(29-27-36)38-30-32-39(33-31-38)41-24-19-20-25-42(41)43(44)46-40(22-7-3)23-18-16-13-11-9-6-2/h19-20,24-33,35,40H,5-18,21-23,34H2,1-4H3. The average molecular weight is 627 g/mol. The molecule has 3 rings (SSSR count). The molecule has 0 aromatic heterocycles. The smallest absolute Gasteiger partial charge is 0.339 e. The molecule has 252 valence electrons. The first-order valence-corrected chi connectivity index (χ1v) is 18.7. The Balaban J connectivity index is 1.53. The molecule has 46 heavy (non-hydrogen) atoms. The monoisotopic (exact) mass is 626 g/mol. The number of unbranched alkanes of at least 4 members (excludes halogenated alkanes) is 12. The molecule has 0 aliphatic carbocycles. The Kier molecular flexibility index (Phi) is 18.4. The number of rotatable bonds is 24. The van der Waals surface area contributed by atoms with E-state index in [4.69, 9.17) is 9.47 Å². The summed E-state index contributed by atoms with van der Waals surface area (Å²) in [6.07, 6.45) is 21.0. The Morgan fingerprint density at radius 3 is 1.70 bits per heavy atom. The third-order valence-corrected chi connectivity index (χ3v) is 9.19. The molecule has 0 aliphatic rings. The summed E-state index contributed by atoms with van der Waals surface area (Å²) >= 11 is 0. The second-order valence-electron chi connectivity index (χ2n) is 13.1.